The lowest BCUT2D eigenvalue weighted by Crippen LogP contribution is -2.62. The lowest BCUT2D eigenvalue weighted by Gasteiger charge is -2.40. The number of amides is 2. The quantitative estimate of drug-likeness (QED) is 0.771. The summed E-state index contributed by atoms with van der Waals surface area (Å²) < 4.78 is 14.3. The maximum absolute atomic E-state index is 14.3. The van der Waals surface area contributed by atoms with Crippen LogP contribution >= 0.6 is 0 Å². The Morgan fingerprint density at radius 1 is 1.22 bits per heavy atom. The highest BCUT2D eigenvalue weighted by atomic mass is 19.1. The maximum atomic E-state index is 14.3. The number of carbonyl (C=O) groups excluding carboxylic acids is 2. The molecular formula is C26H32FN3O2. The third-order valence-electron chi connectivity index (χ3n) is 6.61. The molecule has 1 spiro atoms. The van der Waals surface area contributed by atoms with Crippen molar-refractivity contribution in [2.24, 2.45) is 5.92 Å². The molecule has 2 amide bonds. The Morgan fingerprint density at radius 2 is 1.91 bits per heavy atom. The molecule has 170 valence electrons. The average Bonchev–Trinajstić information content (AvgIpc) is 3.07. The number of benzene rings is 2. The second kappa shape index (κ2) is 8.32. The molecule has 0 aromatic heterocycles. The van der Waals surface area contributed by atoms with Gasteiger partial charge in [-0.15, -0.1) is 0 Å². The number of nitrogens with one attached hydrogen (secondary N) is 2. The van der Waals surface area contributed by atoms with Crippen molar-refractivity contribution < 1.29 is 14.0 Å². The van der Waals surface area contributed by atoms with E-state index in [9.17, 15) is 14.0 Å². The summed E-state index contributed by atoms with van der Waals surface area (Å²) in [6, 6.07) is 14.4. The number of likely N-dealkylation sites (tertiary alicyclic amines) is 1. The summed E-state index contributed by atoms with van der Waals surface area (Å²) in [5.74, 6) is -0.806. The Morgan fingerprint density at radius 3 is 2.62 bits per heavy atom. The highest BCUT2D eigenvalue weighted by Crippen LogP contribution is 2.37. The Labute approximate surface area is 189 Å². The molecule has 1 fully saturated rings. The molecule has 6 heteroatoms. The van der Waals surface area contributed by atoms with Crippen LogP contribution in [0.15, 0.2) is 48.5 Å². The fraction of sp³-hybridized carbons (Fsp3) is 0.462. The van der Waals surface area contributed by atoms with Gasteiger partial charge in [-0.1, -0.05) is 36.4 Å². The third kappa shape index (κ3) is 4.42. The molecule has 2 aromatic carbocycles. The van der Waals surface area contributed by atoms with Crippen LogP contribution in [0.5, 0.6) is 0 Å². The minimum atomic E-state index is -0.690. The Balaban J connectivity index is 1.63. The molecule has 4 rings (SSSR count). The molecule has 3 atom stereocenters. The minimum absolute atomic E-state index is 0.0188. The van der Waals surface area contributed by atoms with Crippen LogP contribution in [0.1, 0.15) is 49.2 Å². The molecule has 2 aliphatic rings. The van der Waals surface area contributed by atoms with Gasteiger partial charge in [0, 0.05) is 30.2 Å². The summed E-state index contributed by atoms with van der Waals surface area (Å²) in [6.07, 6.45) is 1.14. The number of carbonyl (C=O) groups is 2. The van der Waals surface area contributed by atoms with E-state index in [1.807, 2.05) is 51.1 Å². The van der Waals surface area contributed by atoms with Crippen molar-refractivity contribution in [2.75, 3.05) is 13.1 Å². The van der Waals surface area contributed by atoms with Crippen LogP contribution in [-0.4, -0.2) is 46.9 Å². The van der Waals surface area contributed by atoms with Crippen LogP contribution in [0.3, 0.4) is 0 Å². The molecule has 5 nitrogen and oxygen atoms in total. The van der Waals surface area contributed by atoms with Crippen molar-refractivity contribution in [1.82, 2.24) is 15.5 Å². The summed E-state index contributed by atoms with van der Waals surface area (Å²) >= 11 is 0. The summed E-state index contributed by atoms with van der Waals surface area (Å²) in [6.45, 7) is 8.99. The topological polar surface area (TPSA) is 61.4 Å². The van der Waals surface area contributed by atoms with Crippen molar-refractivity contribution in [2.45, 2.75) is 57.7 Å². The first-order valence-corrected chi connectivity index (χ1v) is 11.3. The molecule has 2 aromatic rings. The van der Waals surface area contributed by atoms with E-state index in [1.54, 1.807) is 12.1 Å². The summed E-state index contributed by atoms with van der Waals surface area (Å²) in [4.78, 5) is 28.6. The second-order valence-corrected chi connectivity index (χ2v) is 10.3. The number of nitrogens with zero attached hydrogens (tertiary/aromatic N) is 1. The van der Waals surface area contributed by atoms with Gasteiger partial charge in [0.15, 0.2) is 0 Å². The zero-order chi connectivity index (χ0) is 23.1. The molecule has 0 bridgehead atoms. The van der Waals surface area contributed by atoms with Crippen molar-refractivity contribution in [3.63, 3.8) is 0 Å². The first-order chi connectivity index (χ1) is 15.1. The number of rotatable bonds is 4. The maximum Gasteiger partial charge on any atom is 0.252 e. The van der Waals surface area contributed by atoms with Gasteiger partial charge < -0.3 is 10.6 Å². The summed E-state index contributed by atoms with van der Waals surface area (Å²) in [5.41, 5.74) is 1.24. The standard InChI is InChI=1S/C26H32FN3O2/c1-17(13-18-9-6-8-12-22(18)27)30-15-21(24(32)28-25(2,3)4)26(16-30)14-19-10-5-7-11-20(19)23(31)29-26/h5-12,17,21H,13-16H2,1-4H3,(H,28,32)(H,29,31)/t17?,21-,26+/m0/s1. The number of hydrogen-bond acceptors (Lipinski definition) is 3. The molecule has 2 N–H and O–H groups in total. The first kappa shape index (κ1) is 22.5. The van der Waals surface area contributed by atoms with Crippen LogP contribution in [-0.2, 0) is 17.6 Å². The van der Waals surface area contributed by atoms with Crippen molar-refractivity contribution in [3.8, 4) is 0 Å². The highest BCUT2D eigenvalue weighted by molar-refractivity contribution is 5.98. The number of fused-ring (bicyclic) bond motifs is 1. The van der Waals surface area contributed by atoms with Crippen molar-refractivity contribution >= 4 is 11.8 Å². The smallest absolute Gasteiger partial charge is 0.252 e. The van der Waals surface area contributed by atoms with E-state index in [2.05, 4.69) is 22.5 Å². The van der Waals surface area contributed by atoms with E-state index < -0.39 is 11.5 Å². The molecule has 0 saturated carbocycles. The van der Waals surface area contributed by atoms with Gasteiger partial charge in [0.1, 0.15) is 5.82 Å². The minimum Gasteiger partial charge on any atom is -0.351 e. The van der Waals surface area contributed by atoms with Crippen LogP contribution in [0, 0.1) is 11.7 Å². The molecule has 0 radical (unpaired) electrons. The molecule has 32 heavy (non-hydrogen) atoms. The molecule has 1 saturated heterocycles. The molecule has 1 unspecified atom stereocenters. The van der Waals surface area contributed by atoms with Crippen LogP contribution in [0.2, 0.25) is 0 Å². The second-order valence-electron chi connectivity index (χ2n) is 10.3. The lowest BCUT2D eigenvalue weighted by atomic mass is 9.76. The van der Waals surface area contributed by atoms with Gasteiger partial charge in [-0.25, -0.2) is 4.39 Å². The zero-order valence-electron chi connectivity index (χ0n) is 19.2. The zero-order valence-corrected chi connectivity index (χ0v) is 19.2. The van der Waals surface area contributed by atoms with E-state index in [4.69, 9.17) is 0 Å². The van der Waals surface area contributed by atoms with Gasteiger partial charge in [-0.05, 0) is 63.8 Å². The van der Waals surface area contributed by atoms with E-state index in [1.165, 1.54) is 6.07 Å². The van der Waals surface area contributed by atoms with Gasteiger partial charge in [0.2, 0.25) is 5.91 Å². The highest BCUT2D eigenvalue weighted by Gasteiger charge is 2.54. The Bertz CT molecular complexity index is 1030. The monoisotopic (exact) mass is 437 g/mol. The van der Waals surface area contributed by atoms with Gasteiger partial charge in [0.25, 0.3) is 5.91 Å². The fourth-order valence-corrected chi connectivity index (χ4v) is 5.06. The predicted molar refractivity (Wildman–Crippen MR) is 123 cm³/mol. The SMILES string of the molecule is CC(Cc1ccccc1F)N1C[C@@H](C(=O)NC(C)(C)C)[C@@]2(Cc3ccccc3C(=O)N2)C1. The predicted octanol–water partition coefficient (Wildman–Crippen LogP) is 3.33. The van der Waals surface area contributed by atoms with Gasteiger partial charge in [0.05, 0.1) is 11.5 Å². The van der Waals surface area contributed by atoms with Crippen LogP contribution in [0.25, 0.3) is 0 Å². The van der Waals surface area contributed by atoms with E-state index in [0.717, 1.165) is 5.56 Å². The van der Waals surface area contributed by atoms with Crippen LogP contribution < -0.4 is 10.6 Å². The largest absolute Gasteiger partial charge is 0.351 e. The molecule has 2 heterocycles. The third-order valence-corrected chi connectivity index (χ3v) is 6.61. The van der Waals surface area contributed by atoms with E-state index in [0.29, 0.717) is 37.1 Å². The van der Waals surface area contributed by atoms with E-state index >= 15 is 0 Å². The van der Waals surface area contributed by atoms with Crippen LogP contribution in [0.4, 0.5) is 4.39 Å². The Kier molecular flexibility index (Phi) is 5.84. The van der Waals surface area contributed by atoms with Crippen molar-refractivity contribution in [1.29, 1.82) is 0 Å². The van der Waals surface area contributed by atoms with Gasteiger partial charge in [-0.2, -0.15) is 0 Å². The fourth-order valence-electron chi connectivity index (χ4n) is 5.06. The van der Waals surface area contributed by atoms with Gasteiger partial charge in [-0.3, -0.25) is 14.5 Å². The molecular weight excluding hydrogens is 405 g/mol. The van der Waals surface area contributed by atoms with Gasteiger partial charge >= 0.3 is 0 Å². The number of halogens is 1. The van der Waals surface area contributed by atoms with Crippen molar-refractivity contribution in [3.05, 3.63) is 71.0 Å². The average molecular weight is 438 g/mol. The molecule has 2 aliphatic heterocycles. The molecule has 0 aliphatic carbocycles. The Hall–Kier alpha value is -2.73. The summed E-state index contributed by atoms with van der Waals surface area (Å²) in [5, 5.41) is 6.32. The normalized spacial score (nSPS) is 24.2. The lowest BCUT2D eigenvalue weighted by molar-refractivity contribution is -0.127. The summed E-state index contributed by atoms with van der Waals surface area (Å²) in [7, 11) is 0. The van der Waals surface area contributed by atoms with E-state index in [-0.39, 0.29) is 29.2 Å². The number of hydrogen-bond donors (Lipinski definition) is 2. The first-order valence-electron chi connectivity index (χ1n) is 11.3.